The predicted octanol–water partition coefficient (Wildman–Crippen LogP) is 2.38. The Morgan fingerprint density at radius 2 is 1.59 bits per heavy atom. The summed E-state index contributed by atoms with van der Waals surface area (Å²) in [5.41, 5.74) is 2.79. The smallest absolute Gasteiger partial charge is 0.328 e. The molecule has 1 aliphatic rings. The van der Waals surface area contributed by atoms with Crippen LogP contribution in [-0.2, 0) is 33.7 Å². The van der Waals surface area contributed by atoms with Gasteiger partial charge in [-0.25, -0.2) is 4.79 Å². The van der Waals surface area contributed by atoms with Gasteiger partial charge in [0.25, 0.3) is 0 Å². The van der Waals surface area contributed by atoms with E-state index >= 15 is 0 Å². The third kappa shape index (κ3) is 4.13. The number of carbonyl (C=O) groups excluding carboxylic acids is 2. The topological polar surface area (TPSA) is 74.3 Å². The summed E-state index contributed by atoms with van der Waals surface area (Å²) in [6.45, 7) is 0.360. The van der Waals surface area contributed by atoms with Crippen molar-refractivity contribution in [2.45, 2.75) is 25.4 Å². The second-order valence-corrected chi connectivity index (χ2v) is 6.74. The molecule has 3 rings (SSSR count). The summed E-state index contributed by atoms with van der Waals surface area (Å²) in [6, 6.07) is 10.6. The largest absolute Gasteiger partial charge is 0.493 e. The van der Waals surface area contributed by atoms with Crippen LogP contribution >= 0.6 is 0 Å². The zero-order chi connectivity index (χ0) is 21.0. The second-order valence-electron chi connectivity index (χ2n) is 6.74. The van der Waals surface area contributed by atoms with Crippen LogP contribution in [0.3, 0.4) is 0 Å². The lowest BCUT2D eigenvalue weighted by molar-refractivity contribution is -0.153. The molecule has 0 N–H and O–H groups in total. The number of nitrogens with zero attached hydrogens (tertiary/aromatic N) is 1. The van der Waals surface area contributed by atoms with Crippen molar-refractivity contribution in [3.63, 3.8) is 0 Å². The molecule has 0 unspecified atom stereocenters. The predicted molar refractivity (Wildman–Crippen MR) is 106 cm³/mol. The van der Waals surface area contributed by atoms with E-state index in [1.165, 1.54) is 28.4 Å². The molecule has 0 fully saturated rings. The zero-order valence-corrected chi connectivity index (χ0v) is 17.1. The highest BCUT2D eigenvalue weighted by molar-refractivity contribution is 5.86. The fraction of sp³-hybridized carbons (Fsp3) is 0.364. The van der Waals surface area contributed by atoms with E-state index in [0.29, 0.717) is 35.8 Å². The third-order valence-corrected chi connectivity index (χ3v) is 5.12. The molecule has 0 saturated heterocycles. The summed E-state index contributed by atoms with van der Waals surface area (Å²) in [4.78, 5) is 27.1. The quantitative estimate of drug-likeness (QED) is 0.695. The molecule has 1 aliphatic heterocycles. The van der Waals surface area contributed by atoms with E-state index in [9.17, 15) is 9.59 Å². The van der Waals surface area contributed by atoms with Crippen LogP contribution in [0, 0.1) is 0 Å². The Labute approximate surface area is 170 Å². The average Bonchev–Trinajstić information content (AvgIpc) is 2.76. The van der Waals surface area contributed by atoms with Crippen molar-refractivity contribution in [3.8, 4) is 17.2 Å². The minimum Gasteiger partial charge on any atom is -0.493 e. The number of ether oxygens (including phenoxy) is 4. The number of rotatable bonds is 6. The number of benzene rings is 2. The average molecular weight is 399 g/mol. The normalized spacial score (nSPS) is 15.3. The SMILES string of the molecule is COC(=O)[C@H]1Cc2ccccc2CN1C(=O)Cc1cc(OC)c(OC)c(OC)c1. The summed E-state index contributed by atoms with van der Waals surface area (Å²) in [5, 5.41) is 0. The molecule has 7 heteroatoms. The molecule has 1 heterocycles. The number of hydrogen-bond donors (Lipinski definition) is 0. The summed E-state index contributed by atoms with van der Waals surface area (Å²) in [6.07, 6.45) is 0.524. The molecule has 0 spiro atoms. The highest BCUT2D eigenvalue weighted by atomic mass is 16.5. The van der Waals surface area contributed by atoms with Crippen LogP contribution in [0.15, 0.2) is 36.4 Å². The van der Waals surface area contributed by atoms with Gasteiger partial charge in [-0.05, 0) is 28.8 Å². The molecule has 0 aliphatic carbocycles. The van der Waals surface area contributed by atoms with Crippen molar-refractivity contribution >= 4 is 11.9 Å². The van der Waals surface area contributed by atoms with Crippen molar-refractivity contribution in [1.29, 1.82) is 0 Å². The van der Waals surface area contributed by atoms with Gasteiger partial charge in [0.2, 0.25) is 11.7 Å². The molecule has 2 aromatic carbocycles. The van der Waals surface area contributed by atoms with Crippen molar-refractivity contribution in [3.05, 3.63) is 53.1 Å². The van der Waals surface area contributed by atoms with Crippen molar-refractivity contribution in [2.24, 2.45) is 0 Å². The molecule has 0 aromatic heterocycles. The summed E-state index contributed by atoms with van der Waals surface area (Å²) < 4.78 is 21.0. The molecule has 0 radical (unpaired) electrons. The van der Waals surface area contributed by atoms with E-state index < -0.39 is 12.0 Å². The minimum absolute atomic E-state index is 0.0897. The van der Waals surface area contributed by atoms with Crippen LogP contribution in [-0.4, -0.2) is 51.3 Å². The first-order valence-corrected chi connectivity index (χ1v) is 9.25. The fourth-order valence-electron chi connectivity index (χ4n) is 3.65. The maximum atomic E-state index is 13.2. The number of carbonyl (C=O) groups is 2. The molecular formula is C22H25NO6. The van der Waals surface area contributed by atoms with Crippen LogP contribution in [0.2, 0.25) is 0 Å². The Kier molecular flexibility index (Phi) is 6.26. The van der Waals surface area contributed by atoms with Gasteiger partial charge in [0, 0.05) is 13.0 Å². The van der Waals surface area contributed by atoms with Gasteiger partial charge >= 0.3 is 5.97 Å². The maximum Gasteiger partial charge on any atom is 0.328 e. The Balaban J connectivity index is 1.89. The first kappa shape index (κ1) is 20.5. The Morgan fingerprint density at radius 3 is 2.14 bits per heavy atom. The van der Waals surface area contributed by atoms with Gasteiger partial charge in [0.05, 0.1) is 34.9 Å². The Hall–Kier alpha value is -3.22. The van der Waals surface area contributed by atoms with Crippen molar-refractivity contribution < 1.29 is 28.5 Å². The molecule has 1 atom stereocenters. The molecule has 0 bridgehead atoms. The van der Waals surface area contributed by atoms with E-state index in [1.807, 2.05) is 24.3 Å². The van der Waals surface area contributed by atoms with Crippen molar-refractivity contribution in [2.75, 3.05) is 28.4 Å². The lowest BCUT2D eigenvalue weighted by Gasteiger charge is -2.35. The fourth-order valence-corrected chi connectivity index (χ4v) is 3.65. The van der Waals surface area contributed by atoms with Gasteiger partial charge in [-0.2, -0.15) is 0 Å². The first-order chi connectivity index (χ1) is 14.0. The lowest BCUT2D eigenvalue weighted by Crippen LogP contribution is -2.49. The highest BCUT2D eigenvalue weighted by Crippen LogP contribution is 2.38. The van der Waals surface area contributed by atoms with Crippen LogP contribution in [0.25, 0.3) is 0 Å². The zero-order valence-electron chi connectivity index (χ0n) is 17.1. The van der Waals surface area contributed by atoms with Crippen LogP contribution in [0.4, 0.5) is 0 Å². The van der Waals surface area contributed by atoms with Crippen LogP contribution in [0.1, 0.15) is 16.7 Å². The van der Waals surface area contributed by atoms with Gasteiger partial charge in [0.1, 0.15) is 6.04 Å². The standard InChI is InChI=1S/C22H25NO6/c1-26-18-9-14(10-19(27-2)21(18)28-3)11-20(24)23-13-16-8-6-5-7-15(16)12-17(23)22(25)29-4/h5-10,17H,11-13H2,1-4H3/t17-/m1/s1. The monoisotopic (exact) mass is 399 g/mol. The van der Waals surface area contributed by atoms with Crippen LogP contribution < -0.4 is 14.2 Å². The van der Waals surface area contributed by atoms with Gasteiger partial charge < -0.3 is 23.8 Å². The maximum absolute atomic E-state index is 13.2. The van der Waals surface area contributed by atoms with E-state index in [0.717, 1.165) is 11.1 Å². The van der Waals surface area contributed by atoms with Gasteiger partial charge in [0.15, 0.2) is 11.5 Å². The molecule has 0 saturated carbocycles. The summed E-state index contributed by atoms with van der Waals surface area (Å²) in [7, 11) is 5.91. The molecule has 29 heavy (non-hydrogen) atoms. The van der Waals surface area contributed by atoms with E-state index in [4.69, 9.17) is 18.9 Å². The second kappa shape index (κ2) is 8.86. The Bertz CT molecular complexity index is 885. The highest BCUT2D eigenvalue weighted by Gasteiger charge is 2.35. The summed E-state index contributed by atoms with van der Waals surface area (Å²) in [5.74, 6) is 0.818. The molecule has 7 nitrogen and oxygen atoms in total. The minimum atomic E-state index is -0.649. The number of hydrogen-bond acceptors (Lipinski definition) is 6. The number of methoxy groups -OCH3 is 4. The molecular weight excluding hydrogens is 374 g/mol. The van der Waals surface area contributed by atoms with E-state index in [2.05, 4.69) is 0 Å². The molecule has 154 valence electrons. The van der Waals surface area contributed by atoms with Crippen molar-refractivity contribution in [1.82, 2.24) is 4.90 Å². The number of amides is 1. The van der Waals surface area contributed by atoms with Crippen LogP contribution in [0.5, 0.6) is 17.2 Å². The lowest BCUT2D eigenvalue weighted by atomic mass is 9.93. The first-order valence-electron chi connectivity index (χ1n) is 9.25. The molecule has 2 aromatic rings. The van der Waals surface area contributed by atoms with E-state index in [1.54, 1.807) is 17.0 Å². The number of fused-ring (bicyclic) bond motifs is 1. The molecule has 1 amide bonds. The van der Waals surface area contributed by atoms with E-state index in [-0.39, 0.29) is 12.3 Å². The Morgan fingerprint density at radius 1 is 0.966 bits per heavy atom. The summed E-state index contributed by atoms with van der Waals surface area (Å²) >= 11 is 0. The number of esters is 1. The van der Waals surface area contributed by atoms with Gasteiger partial charge in [-0.1, -0.05) is 24.3 Å². The third-order valence-electron chi connectivity index (χ3n) is 5.12. The van der Waals surface area contributed by atoms with Gasteiger partial charge in [-0.15, -0.1) is 0 Å². The van der Waals surface area contributed by atoms with Gasteiger partial charge in [-0.3, -0.25) is 4.79 Å².